The third-order valence-corrected chi connectivity index (χ3v) is 3.58. The summed E-state index contributed by atoms with van der Waals surface area (Å²) in [6.07, 6.45) is 0. The number of nitrogens with zero attached hydrogens (tertiary/aromatic N) is 2. The number of hydrogen-bond acceptors (Lipinski definition) is 3. The van der Waals surface area contributed by atoms with E-state index in [9.17, 15) is 4.79 Å². The maximum Gasteiger partial charge on any atom is 0.309 e. The minimum atomic E-state index is -0.346. The van der Waals surface area contributed by atoms with Gasteiger partial charge in [0.2, 0.25) is 5.88 Å². The second kappa shape index (κ2) is 5.30. The number of ether oxygens (including phenoxy) is 1. The summed E-state index contributed by atoms with van der Waals surface area (Å²) in [5.74, 6) is 0.135. The number of aryl methyl sites for hydroxylation is 3. The zero-order chi connectivity index (χ0) is 15.9. The van der Waals surface area contributed by atoms with Crippen molar-refractivity contribution >= 4 is 16.9 Å². The molecular formula is C18H18N2O2. The fourth-order valence-corrected chi connectivity index (χ4v) is 2.81. The molecule has 0 aliphatic heterocycles. The molecule has 0 unspecified atom stereocenters. The average molecular weight is 294 g/mol. The summed E-state index contributed by atoms with van der Waals surface area (Å²) < 4.78 is 6.91. The van der Waals surface area contributed by atoms with Crippen LogP contribution >= 0.6 is 0 Å². The van der Waals surface area contributed by atoms with Crippen molar-refractivity contribution in [3.8, 4) is 17.0 Å². The second-order valence-electron chi connectivity index (χ2n) is 5.60. The van der Waals surface area contributed by atoms with Crippen molar-refractivity contribution in [2.75, 3.05) is 0 Å². The highest BCUT2D eigenvalue weighted by atomic mass is 16.5. The van der Waals surface area contributed by atoms with Gasteiger partial charge in [-0.2, -0.15) is 5.10 Å². The van der Waals surface area contributed by atoms with Crippen LogP contribution < -0.4 is 4.74 Å². The summed E-state index contributed by atoms with van der Waals surface area (Å²) in [7, 11) is 1.78. The van der Waals surface area contributed by atoms with Gasteiger partial charge in [0.05, 0.1) is 5.39 Å². The van der Waals surface area contributed by atoms with Gasteiger partial charge < -0.3 is 4.74 Å². The molecule has 0 amide bonds. The van der Waals surface area contributed by atoms with Crippen LogP contribution in [0.3, 0.4) is 0 Å². The number of hydrogen-bond donors (Lipinski definition) is 0. The fraction of sp³-hybridized carbons (Fsp3) is 0.222. The molecule has 3 aromatic rings. The lowest BCUT2D eigenvalue weighted by Gasteiger charge is -2.06. The zero-order valence-corrected chi connectivity index (χ0v) is 13.2. The number of fused-ring (bicyclic) bond motifs is 1. The Bertz CT molecular complexity index is 858. The molecule has 22 heavy (non-hydrogen) atoms. The Labute approximate surface area is 129 Å². The van der Waals surface area contributed by atoms with Gasteiger partial charge >= 0.3 is 5.97 Å². The first-order chi connectivity index (χ1) is 10.5. The van der Waals surface area contributed by atoms with E-state index in [2.05, 4.69) is 37.1 Å². The van der Waals surface area contributed by atoms with Crippen LogP contribution in [0.15, 0.2) is 36.4 Å². The Kier molecular flexibility index (Phi) is 3.45. The molecule has 4 heteroatoms. The first kappa shape index (κ1) is 14.3. The molecule has 1 aromatic heterocycles. The van der Waals surface area contributed by atoms with Crippen LogP contribution in [0.4, 0.5) is 0 Å². The molecule has 112 valence electrons. The smallest absolute Gasteiger partial charge is 0.309 e. The number of aromatic nitrogens is 2. The number of benzene rings is 2. The van der Waals surface area contributed by atoms with Crippen molar-refractivity contribution < 1.29 is 9.53 Å². The van der Waals surface area contributed by atoms with E-state index >= 15 is 0 Å². The molecule has 2 aromatic carbocycles. The van der Waals surface area contributed by atoms with E-state index in [4.69, 9.17) is 4.74 Å². The summed E-state index contributed by atoms with van der Waals surface area (Å²) in [5, 5.41) is 5.38. The van der Waals surface area contributed by atoms with Gasteiger partial charge in [0.1, 0.15) is 5.52 Å². The molecule has 3 rings (SSSR count). The molecule has 1 heterocycles. The Morgan fingerprint density at radius 2 is 1.82 bits per heavy atom. The van der Waals surface area contributed by atoms with E-state index in [1.165, 1.54) is 18.1 Å². The molecule has 0 atom stereocenters. The Balaban J connectivity index is 2.25. The van der Waals surface area contributed by atoms with Crippen LogP contribution in [0.2, 0.25) is 0 Å². The van der Waals surface area contributed by atoms with E-state index in [0.717, 1.165) is 22.0 Å². The standard InChI is InChI=1S/C18H18N2O2/c1-11-8-12(2)10-14(9-11)15-6-5-7-16-17(15)19-20(4)18(16)22-13(3)21/h5-10H,1-4H3. The highest BCUT2D eigenvalue weighted by Crippen LogP contribution is 2.33. The summed E-state index contributed by atoms with van der Waals surface area (Å²) in [5.41, 5.74) is 5.42. The lowest BCUT2D eigenvalue weighted by atomic mass is 9.99. The van der Waals surface area contributed by atoms with E-state index in [0.29, 0.717) is 5.88 Å². The largest absolute Gasteiger partial charge is 0.407 e. The van der Waals surface area contributed by atoms with Crippen molar-refractivity contribution in [2.45, 2.75) is 20.8 Å². The SMILES string of the molecule is CC(=O)Oc1c2cccc(-c3cc(C)cc(C)c3)c2nn1C. The summed E-state index contributed by atoms with van der Waals surface area (Å²) >= 11 is 0. The topological polar surface area (TPSA) is 44.1 Å². The first-order valence-electron chi connectivity index (χ1n) is 7.18. The Morgan fingerprint density at radius 3 is 2.45 bits per heavy atom. The maximum atomic E-state index is 11.3. The number of carbonyl (C=O) groups excluding carboxylic acids is 1. The number of esters is 1. The lowest BCUT2D eigenvalue weighted by Crippen LogP contribution is -2.05. The van der Waals surface area contributed by atoms with E-state index in [1.807, 2.05) is 18.2 Å². The molecular weight excluding hydrogens is 276 g/mol. The monoisotopic (exact) mass is 294 g/mol. The van der Waals surface area contributed by atoms with Crippen LogP contribution in [-0.2, 0) is 11.8 Å². The van der Waals surface area contributed by atoms with E-state index in [1.54, 1.807) is 11.7 Å². The third-order valence-electron chi connectivity index (χ3n) is 3.58. The van der Waals surface area contributed by atoms with Gasteiger partial charge in [-0.25, -0.2) is 4.68 Å². The molecule has 0 fully saturated rings. The molecule has 0 radical (unpaired) electrons. The molecule has 4 nitrogen and oxygen atoms in total. The van der Waals surface area contributed by atoms with Crippen molar-refractivity contribution in [3.05, 3.63) is 47.5 Å². The number of carbonyl (C=O) groups is 1. The summed E-state index contributed by atoms with van der Waals surface area (Å²) in [6, 6.07) is 12.4. The van der Waals surface area contributed by atoms with Crippen LogP contribution in [-0.4, -0.2) is 15.7 Å². The predicted octanol–water partition coefficient (Wildman–Crippen LogP) is 3.78. The Morgan fingerprint density at radius 1 is 1.14 bits per heavy atom. The van der Waals surface area contributed by atoms with Crippen LogP contribution in [0.25, 0.3) is 22.0 Å². The van der Waals surface area contributed by atoms with Gasteiger partial charge in [0, 0.05) is 19.5 Å². The van der Waals surface area contributed by atoms with Crippen LogP contribution in [0.5, 0.6) is 5.88 Å². The van der Waals surface area contributed by atoms with Gasteiger partial charge in [-0.1, -0.05) is 41.5 Å². The first-order valence-corrected chi connectivity index (χ1v) is 7.18. The maximum absolute atomic E-state index is 11.3. The van der Waals surface area contributed by atoms with Crippen molar-refractivity contribution in [3.63, 3.8) is 0 Å². The molecule has 0 aliphatic rings. The van der Waals surface area contributed by atoms with Gasteiger partial charge in [-0.05, 0) is 25.5 Å². The van der Waals surface area contributed by atoms with Crippen molar-refractivity contribution in [1.29, 1.82) is 0 Å². The lowest BCUT2D eigenvalue weighted by molar-refractivity contribution is -0.132. The van der Waals surface area contributed by atoms with Crippen molar-refractivity contribution in [2.24, 2.45) is 7.05 Å². The second-order valence-corrected chi connectivity index (χ2v) is 5.60. The summed E-state index contributed by atoms with van der Waals surface area (Å²) in [6.45, 7) is 5.56. The third kappa shape index (κ3) is 2.48. The van der Waals surface area contributed by atoms with Gasteiger partial charge in [0.25, 0.3) is 0 Å². The average Bonchev–Trinajstić information content (AvgIpc) is 2.73. The highest BCUT2D eigenvalue weighted by Gasteiger charge is 2.15. The summed E-state index contributed by atoms with van der Waals surface area (Å²) in [4.78, 5) is 11.3. The molecule has 0 N–H and O–H groups in total. The van der Waals surface area contributed by atoms with Crippen molar-refractivity contribution in [1.82, 2.24) is 9.78 Å². The number of rotatable bonds is 2. The molecule has 0 saturated carbocycles. The van der Waals surface area contributed by atoms with Gasteiger partial charge in [-0.3, -0.25) is 4.79 Å². The minimum absolute atomic E-state index is 0.346. The molecule has 0 saturated heterocycles. The molecule has 0 aliphatic carbocycles. The quantitative estimate of drug-likeness (QED) is 0.676. The zero-order valence-electron chi connectivity index (χ0n) is 13.2. The molecule has 0 bridgehead atoms. The van der Waals surface area contributed by atoms with E-state index in [-0.39, 0.29) is 5.97 Å². The normalized spacial score (nSPS) is 10.9. The molecule has 0 spiro atoms. The van der Waals surface area contributed by atoms with E-state index < -0.39 is 0 Å². The minimum Gasteiger partial charge on any atom is -0.407 e. The van der Waals surface area contributed by atoms with Crippen LogP contribution in [0.1, 0.15) is 18.1 Å². The fourth-order valence-electron chi connectivity index (χ4n) is 2.81. The van der Waals surface area contributed by atoms with Gasteiger partial charge in [-0.15, -0.1) is 0 Å². The van der Waals surface area contributed by atoms with Gasteiger partial charge in [0.15, 0.2) is 0 Å². The Hall–Kier alpha value is -2.62. The predicted molar refractivity (Wildman–Crippen MR) is 86.9 cm³/mol. The van der Waals surface area contributed by atoms with Crippen LogP contribution in [0, 0.1) is 13.8 Å². The highest BCUT2D eigenvalue weighted by molar-refractivity contribution is 5.97.